The van der Waals surface area contributed by atoms with Crippen molar-refractivity contribution in [3.63, 3.8) is 0 Å². The highest BCUT2D eigenvalue weighted by Gasteiger charge is 2.13. The zero-order chi connectivity index (χ0) is 21.6. The van der Waals surface area contributed by atoms with E-state index in [4.69, 9.17) is 16.3 Å². The number of halogens is 1. The standard InChI is InChI=1S/C26H27ClN2O2/c1-19-16-20(17-29-14-2-3-15-29)4-13-25(19)31-18-26(30)28-24-11-7-22(8-12-24)21-5-9-23(27)10-6-21/h4-13,16H,2-3,14-15,17-18H2,1H3,(H,28,30). The van der Waals surface area contributed by atoms with Crippen molar-refractivity contribution in [3.8, 4) is 16.9 Å². The van der Waals surface area contributed by atoms with Gasteiger partial charge in [0.15, 0.2) is 6.61 Å². The van der Waals surface area contributed by atoms with Crippen LogP contribution in [0.15, 0.2) is 66.7 Å². The fourth-order valence-electron chi connectivity index (χ4n) is 3.90. The molecule has 3 aromatic rings. The molecule has 1 fully saturated rings. The largest absolute Gasteiger partial charge is 0.483 e. The summed E-state index contributed by atoms with van der Waals surface area (Å²) in [6.07, 6.45) is 2.58. The number of nitrogens with zero attached hydrogens (tertiary/aromatic N) is 1. The molecule has 1 amide bonds. The second-order valence-corrected chi connectivity index (χ2v) is 8.44. The number of nitrogens with one attached hydrogen (secondary N) is 1. The Morgan fingerprint density at radius 2 is 1.61 bits per heavy atom. The van der Waals surface area contributed by atoms with Crippen molar-refractivity contribution in [1.82, 2.24) is 4.90 Å². The van der Waals surface area contributed by atoms with Crippen LogP contribution in [-0.2, 0) is 11.3 Å². The van der Waals surface area contributed by atoms with E-state index in [2.05, 4.69) is 22.3 Å². The minimum atomic E-state index is -0.181. The molecule has 4 rings (SSSR count). The maximum Gasteiger partial charge on any atom is 0.262 e. The SMILES string of the molecule is Cc1cc(CN2CCCC2)ccc1OCC(=O)Nc1ccc(-c2ccc(Cl)cc2)cc1. The van der Waals surface area contributed by atoms with Gasteiger partial charge in [-0.3, -0.25) is 9.69 Å². The van der Waals surface area contributed by atoms with E-state index in [1.54, 1.807) is 0 Å². The molecule has 1 N–H and O–H groups in total. The Morgan fingerprint density at radius 1 is 0.968 bits per heavy atom. The number of carbonyl (C=O) groups is 1. The summed E-state index contributed by atoms with van der Waals surface area (Å²) >= 11 is 5.95. The number of anilines is 1. The first-order valence-electron chi connectivity index (χ1n) is 10.7. The van der Waals surface area contributed by atoms with Crippen LogP contribution in [0.3, 0.4) is 0 Å². The highest BCUT2D eigenvalue weighted by atomic mass is 35.5. The van der Waals surface area contributed by atoms with Crippen molar-refractivity contribution in [2.75, 3.05) is 25.0 Å². The summed E-state index contributed by atoms with van der Waals surface area (Å²) < 4.78 is 5.76. The Bertz CT molecular complexity index is 1030. The minimum absolute atomic E-state index is 0.0226. The van der Waals surface area contributed by atoms with Gasteiger partial charge in [0, 0.05) is 17.3 Å². The van der Waals surface area contributed by atoms with Gasteiger partial charge < -0.3 is 10.1 Å². The van der Waals surface area contributed by atoms with E-state index in [9.17, 15) is 4.79 Å². The van der Waals surface area contributed by atoms with E-state index < -0.39 is 0 Å². The number of amides is 1. The second-order valence-electron chi connectivity index (χ2n) is 8.00. The maximum absolute atomic E-state index is 12.3. The van der Waals surface area contributed by atoms with E-state index in [0.717, 1.165) is 34.7 Å². The Labute approximate surface area is 188 Å². The monoisotopic (exact) mass is 434 g/mol. The average molecular weight is 435 g/mol. The normalized spacial score (nSPS) is 13.9. The predicted octanol–water partition coefficient (Wildman–Crippen LogP) is 5.93. The highest BCUT2D eigenvalue weighted by Crippen LogP contribution is 2.24. The van der Waals surface area contributed by atoms with Crippen LogP contribution in [0.1, 0.15) is 24.0 Å². The fraction of sp³-hybridized carbons (Fsp3) is 0.269. The molecule has 1 aliphatic heterocycles. The van der Waals surface area contributed by atoms with Gasteiger partial charge in [-0.1, -0.05) is 48.0 Å². The molecule has 0 radical (unpaired) electrons. The number of carbonyl (C=O) groups excluding carboxylic acids is 1. The van der Waals surface area contributed by atoms with Crippen molar-refractivity contribution in [1.29, 1.82) is 0 Å². The van der Waals surface area contributed by atoms with Gasteiger partial charge in [-0.15, -0.1) is 0 Å². The van der Waals surface area contributed by atoms with Crippen molar-refractivity contribution in [3.05, 3.63) is 82.9 Å². The lowest BCUT2D eigenvalue weighted by Crippen LogP contribution is -2.20. The summed E-state index contributed by atoms with van der Waals surface area (Å²) in [5, 5.41) is 3.60. The number of rotatable bonds is 7. The molecular formula is C26H27ClN2O2. The average Bonchev–Trinajstić information content (AvgIpc) is 3.27. The molecule has 31 heavy (non-hydrogen) atoms. The fourth-order valence-corrected chi connectivity index (χ4v) is 4.03. The summed E-state index contributed by atoms with van der Waals surface area (Å²) in [4.78, 5) is 14.8. The molecule has 5 heteroatoms. The minimum Gasteiger partial charge on any atom is -0.483 e. The molecule has 0 bridgehead atoms. The van der Waals surface area contributed by atoms with E-state index >= 15 is 0 Å². The van der Waals surface area contributed by atoms with Crippen LogP contribution in [0.4, 0.5) is 5.69 Å². The smallest absolute Gasteiger partial charge is 0.262 e. The molecule has 0 atom stereocenters. The first kappa shape index (κ1) is 21.4. The van der Waals surface area contributed by atoms with Crippen LogP contribution in [0.2, 0.25) is 5.02 Å². The molecule has 0 unspecified atom stereocenters. The molecule has 1 saturated heterocycles. The lowest BCUT2D eigenvalue weighted by Gasteiger charge is -2.16. The van der Waals surface area contributed by atoms with Gasteiger partial charge in [-0.25, -0.2) is 0 Å². The summed E-state index contributed by atoms with van der Waals surface area (Å²) in [5.74, 6) is 0.568. The molecule has 0 spiro atoms. The van der Waals surface area contributed by atoms with Gasteiger partial charge in [0.1, 0.15) is 5.75 Å². The molecule has 0 aliphatic carbocycles. The van der Waals surface area contributed by atoms with E-state index in [0.29, 0.717) is 5.02 Å². The molecule has 1 aliphatic rings. The third-order valence-electron chi connectivity index (χ3n) is 5.55. The number of ether oxygens (including phenoxy) is 1. The number of hydrogen-bond donors (Lipinski definition) is 1. The first-order valence-corrected chi connectivity index (χ1v) is 11.1. The maximum atomic E-state index is 12.3. The second kappa shape index (κ2) is 9.99. The number of benzene rings is 3. The lowest BCUT2D eigenvalue weighted by atomic mass is 10.1. The summed E-state index contributed by atoms with van der Waals surface area (Å²) in [7, 11) is 0. The Kier molecular flexibility index (Phi) is 6.90. The molecular weight excluding hydrogens is 408 g/mol. The van der Waals surface area contributed by atoms with Crippen molar-refractivity contribution < 1.29 is 9.53 Å². The topological polar surface area (TPSA) is 41.6 Å². The van der Waals surface area contributed by atoms with Crippen molar-refractivity contribution >= 4 is 23.2 Å². The van der Waals surface area contributed by atoms with E-state index in [1.807, 2.05) is 61.5 Å². The highest BCUT2D eigenvalue weighted by molar-refractivity contribution is 6.30. The van der Waals surface area contributed by atoms with Crippen LogP contribution >= 0.6 is 11.6 Å². The molecule has 3 aromatic carbocycles. The summed E-state index contributed by atoms with van der Waals surface area (Å²) in [6.45, 7) is 5.34. The first-order chi connectivity index (χ1) is 15.1. The third kappa shape index (κ3) is 5.87. The van der Waals surface area contributed by atoms with Gasteiger partial charge in [-0.2, -0.15) is 0 Å². The van der Waals surface area contributed by atoms with Crippen LogP contribution in [0.5, 0.6) is 5.75 Å². The number of aryl methyl sites for hydroxylation is 1. The molecule has 0 saturated carbocycles. The zero-order valence-corrected chi connectivity index (χ0v) is 18.5. The number of likely N-dealkylation sites (tertiary alicyclic amines) is 1. The van der Waals surface area contributed by atoms with Gasteiger partial charge in [0.25, 0.3) is 5.91 Å². The van der Waals surface area contributed by atoms with Crippen LogP contribution in [0.25, 0.3) is 11.1 Å². The summed E-state index contributed by atoms with van der Waals surface area (Å²) in [5.41, 5.74) is 5.22. The molecule has 160 valence electrons. The van der Waals surface area contributed by atoms with Crippen LogP contribution < -0.4 is 10.1 Å². The molecule has 1 heterocycles. The van der Waals surface area contributed by atoms with Gasteiger partial charge >= 0.3 is 0 Å². The molecule has 0 aromatic heterocycles. The quantitative estimate of drug-likeness (QED) is 0.501. The van der Waals surface area contributed by atoms with E-state index in [-0.39, 0.29) is 12.5 Å². The predicted molar refractivity (Wildman–Crippen MR) is 127 cm³/mol. The summed E-state index contributed by atoms with van der Waals surface area (Å²) in [6, 6.07) is 21.6. The van der Waals surface area contributed by atoms with Crippen LogP contribution in [-0.4, -0.2) is 30.5 Å². The van der Waals surface area contributed by atoms with Gasteiger partial charge in [-0.05, 0) is 85.4 Å². The molecule has 4 nitrogen and oxygen atoms in total. The van der Waals surface area contributed by atoms with Crippen molar-refractivity contribution in [2.24, 2.45) is 0 Å². The van der Waals surface area contributed by atoms with Crippen molar-refractivity contribution in [2.45, 2.75) is 26.3 Å². The van der Waals surface area contributed by atoms with Crippen LogP contribution in [0, 0.1) is 6.92 Å². The lowest BCUT2D eigenvalue weighted by molar-refractivity contribution is -0.118. The van der Waals surface area contributed by atoms with E-state index in [1.165, 1.54) is 31.5 Å². The van der Waals surface area contributed by atoms with Gasteiger partial charge in [0.05, 0.1) is 0 Å². The Hall–Kier alpha value is -2.82. The Morgan fingerprint density at radius 3 is 2.26 bits per heavy atom. The number of hydrogen-bond acceptors (Lipinski definition) is 3. The van der Waals surface area contributed by atoms with Gasteiger partial charge in [0.2, 0.25) is 0 Å². The zero-order valence-electron chi connectivity index (χ0n) is 17.7. The Balaban J connectivity index is 1.29. The third-order valence-corrected chi connectivity index (χ3v) is 5.80.